The Balaban J connectivity index is -0.000000116. The Morgan fingerprint density at radius 3 is 0.924 bits per heavy atom. The van der Waals surface area contributed by atoms with Crippen LogP contribution in [0.25, 0.3) is 0 Å². The number of carbonyl (C=O) groups is 16. The molecule has 694 valence electrons. The molecule has 54 heteroatoms. The molecule has 0 bridgehead atoms. The number of thiol groups is 2. The monoisotopic (exact) mass is 1780 g/mol. The number of carbonyl (C=O) groups excluding carboxylic acids is 1. The number of primary amides is 1. The second-order valence-electron chi connectivity index (χ2n) is 24.2. The Bertz CT molecular complexity index is 2730. The van der Waals surface area contributed by atoms with Crippen molar-refractivity contribution in [1.29, 1.82) is 0 Å². The number of hydrogen-bond donors (Lipinski definition) is 36. The van der Waals surface area contributed by atoms with Crippen molar-refractivity contribution < 1.29 is 158 Å². The van der Waals surface area contributed by atoms with Gasteiger partial charge in [0.25, 0.3) is 0 Å². The predicted molar refractivity (Wildman–Crippen MR) is 437 cm³/mol. The van der Waals surface area contributed by atoms with Crippen molar-refractivity contribution in [3.63, 3.8) is 0 Å². The van der Waals surface area contributed by atoms with Gasteiger partial charge in [-0.1, -0.05) is 40.5 Å². The molecule has 3 saturated heterocycles. The SMILES string of the molecule is CC(C)C[C@H](N)C(=O)O.CC[C@H](C)[C@H](N)C(=O)O.CSCC[C@H](N)C(=O)O.C[C@@H](O)[C@H](N)C(=O)O.NC(=O)C[C@H](N)C(=O)O.NCC(=O)O.NCC(=O)O.NCC(=O)O.NCCCC[C@H](N)C(=O)O.N[C@@H](CS)C(=O)O.N[C@@H](CS)C(=O)O.N[C@@H](Cc1c[nH]cn1)C(=O)O.O=C(O)[C@@H]1CCCN1.O=C(O)[C@@H]1CCCN1.O=C(O)[C@@H]1CCCN1. The molecule has 118 heavy (non-hydrogen) atoms. The van der Waals surface area contributed by atoms with Gasteiger partial charge in [0.2, 0.25) is 5.91 Å². The van der Waals surface area contributed by atoms with Gasteiger partial charge in [-0.15, -0.1) is 0 Å². The first-order valence-corrected chi connectivity index (χ1v) is 37.9. The minimum atomic E-state index is -1.21. The summed E-state index contributed by atoms with van der Waals surface area (Å²) in [5.74, 6) is -13.2. The summed E-state index contributed by atoms with van der Waals surface area (Å²) in [6.45, 7) is 11.3. The third-order valence-electron chi connectivity index (χ3n) is 13.3. The minimum Gasteiger partial charge on any atom is -0.480 e. The Morgan fingerprint density at radius 2 is 0.780 bits per heavy atom. The van der Waals surface area contributed by atoms with Crippen molar-refractivity contribution in [2.24, 2.45) is 92.1 Å². The van der Waals surface area contributed by atoms with E-state index >= 15 is 0 Å². The summed E-state index contributed by atoms with van der Waals surface area (Å²) in [6.07, 6.45) is 13.4. The Kier molecular flexibility index (Phi) is 98.1. The van der Waals surface area contributed by atoms with Gasteiger partial charge >= 0.3 is 89.5 Å². The van der Waals surface area contributed by atoms with Crippen LogP contribution in [0.4, 0.5) is 0 Å². The van der Waals surface area contributed by atoms with E-state index in [0.29, 0.717) is 37.4 Å². The van der Waals surface area contributed by atoms with E-state index in [1.165, 1.54) is 13.3 Å². The van der Waals surface area contributed by atoms with Crippen LogP contribution in [0.5, 0.6) is 0 Å². The van der Waals surface area contributed by atoms with Gasteiger partial charge in [0, 0.05) is 24.1 Å². The molecule has 3 fully saturated rings. The number of rotatable bonds is 33. The van der Waals surface area contributed by atoms with Crippen LogP contribution in [-0.2, 0) is 83.1 Å². The molecule has 1 aromatic rings. The summed E-state index contributed by atoms with van der Waals surface area (Å²) in [7, 11) is 0. The third-order valence-corrected chi connectivity index (χ3v) is 14.7. The van der Waals surface area contributed by atoms with Gasteiger partial charge < -0.3 is 183 Å². The van der Waals surface area contributed by atoms with Crippen molar-refractivity contribution in [3.8, 4) is 0 Å². The molecule has 4 heterocycles. The van der Waals surface area contributed by atoms with Gasteiger partial charge in [0.1, 0.15) is 72.5 Å². The number of nitrogens with zero attached hydrogens (tertiary/aromatic N) is 1. The van der Waals surface area contributed by atoms with Crippen LogP contribution in [0.2, 0.25) is 0 Å². The van der Waals surface area contributed by atoms with E-state index in [9.17, 15) is 76.7 Å². The van der Waals surface area contributed by atoms with E-state index in [0.717, 1.165) is 83.2 Å². The number of nitrogens with two attached hydrogens (primary N) is 14. The van der Waals surface area contributed by atoms with E-state index in [4.69, 9.17) is 139 Å². The molecule has 51 nitrogen and oxygen atoms in total. The zero-order valence-electron chi connectivity index (χ0n) is 66.8. The second kappa shape index (κ2) is 87.4. The molecular weight excluding hydrogens is 1640 g/mol. The fourth-order valence-electron chi connectivity index (χ4n) is 6.17. The van der Waals surface area contributed by atoms with Crippen LogP contribution in [0, 0.1) is 11.8 Å². The standard InChI is InChI=1S/C6H9N3O2.C6H14N2O2.2C6H13NO2.C5H11NO2S.3C5H9NO2.C4H8N2O3.C4H9NO3.2C3H7NO2S.3C2H5NO2/c7-5(6(10)11)1-4-2-8-3-9-4;7-4-2-1-3-5(8)6(9)10;1-4(2)3-5(7)6(8)9;1-3-4(2)5(7)6(8)9;1-9-3-2-4(6)5(7)8;3*7-5(8)4-2-1-3-6-4;5-2(4(8)9)1-3(6)7;1-2(6)3(5)4(7)8;2*4-2(1-7)3(5)6;3*3-1-2(4)5/h2-3,5H,1,7H2,(H,8,9)(H,10,11);5H,1-4,7-8H2,(H,9,10);2*4-5H,3,7H2,1-2H3,(H,8,9);4H,2-3,6H2,1H3,(H,7,8);3*4,6H,1-3H2,(H,7,8);2H,1,5H2,(H2,6,7)(H,8,9);2-3,6H,5H2,1H3,(H,7,8);2*2,7H,1,4H2,(H,5,6);3*1,3H2,(H,4,5)/t3*5-;4-,5-;4*4-;2-;2-,3+;2*2-;;;/m000000000100.../s1. The van der Waals surface area contributed by atoms with E-state index in [-0.39, 0.29) is 68.0 Å². The highest BCUT2D eigenvalue weighted by Gasteiger charge is 2.23. The summed E-state index contributed by atoms with van der Waals surface area (Å²) in [6, 6.07) is -8.41. The first kappa shape index (κ1) is 132. The number of hydrogen-bond acceptors (Lipinski definition) is 37. The third kappa shape index (κ3) is 103. The number of amides is 1. The van der Waals surface area contributed by atoms with Crippen molar-refractivity contribution in [2.45, 2.75) is 203 Å². The summed E-state index contributed by atoms with van der Waals surface area (Å²) in [4.78, 5) is 165. The molecule has 48 N–H and O–H groups in total. The summed E-state index contributed by atoms with van der Waals surface area (Å²) >= 11 is 8.90. The van der Waals surface area contributed by atoms with E-state index in [1.807, 2.05) is 34.0 Å². The molecule has 1 aromatic heterocycles. The quantitative estimate of drug-likeness (QED) is 0.0230. The van der Waals surface area contributed by atoms with Crippen molar-refractivity contribution in [1.82, 2.24) is 25.9 Å². The number of imidazole rings is 1. The second-order valence-corrected chi connectivity index (χ2v) is 25.9. The molecule has 0 unspecified atom stereocenters. The number of aliphatic carboxylic acids is 15. The average Bonchev–Trinajstić information content (AvgIpc) is 1.74. The fraction of sp³-hybridized carbons (Fsp3) is 0.703. The predicted octanol–water partition coefficient (Wildman–Crippen LogP) is -7.80. The molecule has 0 saturated carbocycles. The average molecular weight is 1780 g/mol. The lowest BCUT2D eigenvalue weighted by Crippen LogP contribution is -2.39. The van der Waals surface area contributed by atoms with Gasteiger partial charge in [-0.3, -0.25) is 76.7 Å². The van der Waals surface area contributed by atoms with Crippen LogP contribution in [0.3, 0.4) is 0 Å². The summed E-state index contributed by atoms with van der Waals surface area (Å²) in [5.41, 5.74) is 70.1. The first-order valence-electron chi connectivity index (χ1n) is 35.2. The van der Waals surface area contributed by atoms with Crippen molar-refractivity contribution in [2.75, 3.05) is 69.3 Å². The number of carboxylic acid groups (broad SMARTS) is 15. The number of aromatic amines is 1. The lowest BCUT2D eigenvalue weighted by atomic mass is 10.0. The van der Waals surface area contributed by atoms with Gasteiger partial charge in [-0.05, 0) is 121 Å². The first-order chi connectivity index (χ1) is 54.4. The largest absolute Gasteiger partial charge is 0.480 e. The Hall–Kier alpha value is -8.90. The molecule has 0 aliphatic carbocycles. The molecular formula is C64H133N19O32S3. The van der Waals surface area contributed by atoms with Crippen molar-refractivity contribution in [3.05, 3.63) is 18.2 Å². The number of H-pyrrole nitrogens is 1. The fourth-order valence-corrected chi connectivity index (χ4v) is 6.98. The Labute approximate surface area is 696 Å². The van der Waals surface area contributed by atoms with Crippen LogP contribution in [-0.4, -0.2) is 335 Å². The number of nitrogens with one attached hydrogen (secondary N) is 4. The molecule has 3 aliphatic heterocycles. The number of unbranched alkanes of at least 4 members (excludes halogenated alkanes) is 1. The molecule has 14 atom stereocenters. The zero-order chi connectivity index (χ0) is 95.1. The molecule has 0 spiro atoms. The molecule has 3 aliphatic rings. The summed E-state index contributed by atoms with van der Waals surface area (Å²) in [5, 5.41) is 139. The smallest absolute Gasteiger partial charge is 0.323 e. The molecule has 1 amide bonds. The van der Waals surface area contributed by atoms with Crippen LogP contribution in [0.1, 0.15) is 124 Å². The van der Waals surface area contributed by atoms with Gasteiger partial charge in [0.05, 0.1) is 44.2 Å². The van der Waals surface area contributed by atoms with Gasteiger partial charge in [0.15, 0.2) is 0 Å². The Morgan fingerprint density at radius 1 is 0.466 bits per heavy atom. The van der Waals surface area contributed by atoms with E-state index in [2.05, 4.69) is 74.1 Å². The van der Waals surface area contributed by atoms with Crippen LogP contribution < -0.4 is 96.2 Å². The summed E-state index contributed by atoms with van der Waals surface area (Å²) < 4.78 is 0. The van der Waals surface area contributed by atoms with Crippen LogP contribution in [0.15, 0.2) is 12.5 Å². The number of carboxylic acids is 15. The molecule has 0 radical (unpaired) electrons. The lowest BCUT2D eigenvalue weighted by Gasteiger charge is -2.11. The maximum Gasteiger partial charge on any atom is 0.323 e. The van der Waals surface area contributed by atoms with E-state index in [1.54, 1.807) is 18.0 Å². The van der Waals surface area contributed by atoms with Gasteiger partial charge in [-0.25, -0.2) is 4.98 Å². The highest BCUT2D eigenvalue weighted by Crippen LogP contribution is 2.07. The number of thioether (sulfide) groups is 1. The zero-order valence-corrected chi connectivity index (χ0v) is 69.4. The topological polar surface area (TPSA) is 1030 Å². The number of aliphatic hydroxyl groups is 1. The minimum absolute atomic E-state index is 0.0718. The maximum absolute atomic E-state index is 10.3. The van der Waals surface area contributed by atoms with E-state index < -0.39 is 156 Å². The lowest BCUT2D eigenvalue weighted by molar-refractivity contribution is -0.141. The molecule has 4 rings (SSSR count). The van der Waals surface area contributed by atoms with Crippen molar-refractivity contribution >= 4 is 132 Å². The highest BCUT2D eigenvalue weighted by atomic mass is 32.2. The van der Waals surface area contributed by atoms with Crippen LogP contribution >= 0.6 is 37.0 Å². The highest BCUT2D eigenvalue weighted by molar-refractivity contribution is 7.98. The van der Waals surface area contributed by atoms with Gasteiger partial charge in [-0.2, -0.15) is 37.0 Å². The number of aliphatic hydroxyl groups excluding tert-OH is 1. The molecule has 0 aromatic carbocycles. The number of aromatic nitrogens is 2. The maximum atomic E-state index is 10.3. The normalized spacial score (nSPS) is 16.0.